The zero-order valence-corrected chi connectivity index (χ0v) is 11.5. The van der Waals surface area contributed by atoms with Gasteiger partial charge in [-0.25, -0.2) is 0 Å². The fourth-order valence-electron chi connectivity index (χ4n) is 1.56. The van der Waals surface area contributed by atoms with Crippen LogP contribution in [-0.4, -0.2) is 17.1 Å². The first-order valence-corrected chi connectivity index (χ1v) is 6.68. The van der Waals surface area contributed by atoms with Crippen molar-refractivity contribution in [1.29, 1.82) is 0 Å². The second-order valence-electron chi connectivity index (χ2n) is 3.35. The summed E-state index contributed by atoms with van der Waals surface area (Å²) in [5.74, 6) is -0.398. The van der Waals surface area contributed by atoms with Crippen molar-refractivity contribution >= 4 is 43.5 Å². The molecule has 0 bridgehead atoms. The molecule has 0 spiro atoms. The molecule has 1 aromatic carbocycles. The number of hydrogen-bond donors (Lipinski definition) is 0. The van der Waals surface area contributed by atoms with Gasteiger partial charge in [-0.2, -0.15) is 0 Å². The molecule has 4 nitrogen and oxygen atoms in total. The van der Waals surface area contributed by atoms with Crippen LogP contribution < -0.4 is 4.87 Å². The number of halogens is 1. The van der Waals surface area contributed by atoms with Gasteiger partial charge in [-0.1, -0.05) is 17.4 Å². The Balaban J connectivity index is 2.49. The van der Waals surface area contributed by atoms with E-state index in [2.05, 4.69) is 15.9 Å². The Morgan fingerprint density at radius 1 is 1.53 bits per heavy atom. The first kappa shape index (κ1) is 12.3. The van der Waals surface area contributed by atoms with E-state index in [0.29, 0.717) is 6.61 Å². The summed E-state index contributed by atoms with van der Waals surface area (Å²) in [6.07, 6.45) is 0. The Kier molecular flexibility index (Phi) is 3.63. The number of thiazole rings is 1. The Hall–Kier alpha value is -1.14. The molecule has 0 aliphatic rings. The molecular weight excluding hydrogens is 306 g/mol. The van der Waals surface area contributed by atoms with E-state index in [4.69, 9.17) is 4.74 Å². The lowest BCUT2D eigenvalue weighted by molar-refractivity contribution is -0.143. The molecule has 1 heterocycles. The van der Waals surface area contributed by atoms with Gasteiger partial charge in [-0.15, -0.1) is 0 Å². The van der Waals surface area contributed by atoms with E-state index in [0.717, 1.165) is 26.0 Å². The van der Waals surface area contributed by atoms with Gasteiger partial charge in [-0.3, -0.25) is 14.2 Å². The number of aromatic nitrogens is 1. The maximum atomic E-state index is 11.8. The summed E-state index contributed by atoms with van der Waals surface area (Å²) in [5, 5.41) is 0. The largest absolute Gasteiger partial charge is 0.465 e. The van der Waals surface area contributed by atoms with Gasteiger partial charge in [0.25, 0.3) is 0 Å². The second-order valence-corrected chi connectivity index (χ2v) is 5.19. The molecule has 6 heteroatoms. The zero-order valence-electron chi connectivity index (χ0n) is 9.10. The lowest BCUT2D eigenvalue weighted by Gasteiger charge is -2.04. The van der Waals surface area contributed by atoms with Crippen LogP contribution in [0.5, 0.6) is 0 Å². The van der Waals surface area contributed by atoms with Gasteiger partial charge in [0.05, 0.1) is 16.8 Å². The van der Waals surface area contributed by atoms with E-state index in [1.165, 1.54) is 4.57 Å². The molecule has 0 N–H and O–H groups in total. The number of ether oxygens (including phenoxy) is 1. The van der Waals surface area contributed by atoms with Crippen LogP contribution in [-0.2, 0) is 16.1 Å². The van der Waals surface area contributed by atoms with E-state index in [-0.39, 0.29) is 11.4 Å². The molecule has 0 amide bonds. The average molecular weight is 316 g/mol. The molecule has 2 rings (SSSR count). The summed E-state index contributed by atoms with van der Waals surface area (Å²) < 4.78 is 7.94. The molecule has 2 aromatic rings. The Morgan fingerprint density at radius 3 is 3.00 bits per heavy atom. The van der Waals surface area contributed by atoms with Crippen LogP contribution in [0.2, 0.25) is 0 Å². The lowest BCUT2D eigenvalue weighted by atomic mass is 10.3. The maximum absolute atomic E-state index is 11.8. The number of carbonyl (C=O) groups is 1. The van der Waals surface area contributed by atoms with Crippen molar-refractivity contribution in [3.63, 3.8) is 0 Å². The summed E-state index contributed by atoms with van der Waals surface area (Å²) in [6, 6.07) is 5.56. The van der Waals surface area contributed by atoms with Crippen LogP contribution >= 0.6 is 27.3 Å². The van der Waals surface area contributed by atoms with Crippen LogP contribution in [0.25, 0.3) is 10.2 Å². The predicted octanol–water partition coefficient (Wildman–Crippen LogP) is 2.39. The van der Waals surface area contributed by atoms with Crippen molar-refractivity contribution in [3.8, 4) is 0 Å². The Labute approximate surface area is 110 Å². The highest BCUT2D eigenvalue weighted by atomic mass is 79.9. The van der Waals surface area contributed by atoms with Gasteiger partial charge in [0.15, 0.2) is 0 Å². The number of esters is 1. The average Bonchev–Trinajstić information content (AvgIpc) is 2.57. The summed E-state index contributed by atoms with van der Waals surface area (Å²) in [7, 11) is 0. The van der Waals surface area contributed by atoms with Crippen molar-refractivity contribution < 1.29 is 9.53 Å². The molecule has 90 valence electrons. The van der Waals surface area contributed by atoms with Crippen molar-refractivity contribution in [2.75, 3.05) is 6.61 Å². The van der Waals surface area contributed by atoms with Gasteiger partial charge in [0.2, 0.25) is 0 Å². The highest BCUT2D eigenvalue weighted by Crippen LogP contribution is 2.25. The van der Waals surface area contributed by atoms with Crippen molar-refractivity contribution in [3.05, 3.63) is 32.3 Å². The monoisotopic (exact) mass is 315 g/mol. The third-order valence-corrected chi connectivity index (χ3v) is 3.81. The minimum absolute atomic E-state index is 0.0463. The van der Waals surface area contributed by atoms with Gasteiger partial charge < -0.3 is 4.74 Å². The van der Waals surface area contributed by atoms with Gasteiger partial charge in [0.1, 0.15) is 6.54 Å². The quantitative estimate of drug-likeness (QED) is 0.817. The number of fused-ring (bicyclic) bond motifs is 1. The predicted molar refractivity (Wildman–Crippen MR) is 70.4 cm³/mol. The summed E-state index contributed by atoms with van der Waals surface area (Å²) in [4.78, 5) is 23.1. The molecule has 0 fully saturated rings. The van der Waals surface area contributed by atoms with Gasteiger partial charge in [0, 0.05) is 4.47 Å². The SMILES string of the molecule is CCOC(=O)Cn1c(=O)sc2cccc(Br)c21. The van der Waals surface area contributed by atoms with E-state index >= 15 is 0 Å². The number of hydrogen-bond acceptors (Lipinski definition) is 4. The van der Waals surface area contributed by atoms with Crippen molar-refractivity contribution in [1.82, 2.24) is 4.57 Å². The molecule has 0 aliphatic heterocycles. The van der Waals surface area contributed by atoms with Crippen molar-refractivity contribution in [2.24, 2.45) is 0 Å². The third kappa shape index (κ3) is 2.42. The lowest BCUT2D eigenvalue weighted by Crippen LogP contribution is -2.21. The number of para-hydroxylation sites is 1. The van der Waals surface area contributed by atoms with E-state index in [1.807, 2.05) is 18.2 Å². The topological polar surface area (TPSA) is 48.3 Å². The summed E-state index contributed by atoms with van der Waals surface area (Å²) in [6.45, 7) is 2.01. The van der Waals surface area contributed by atoms with Crippen LogP contribution in [0, 0.1) is 0 Å². The molecule has 0 aliphatic carbocycles. The number of rotatable bonds is 3. The first-order valence-electron chi connectivity index (χ1n) is 5.07. The standard InChI is InChI=1S/C11H10BrNO3S/c1-2-16-9(14)6-13-10-7(12)4-3-5-8(10)17-11(13)15/h3-5H,2,6H2,1H3. The van der Waals surface area contributed by atoms with Gasteiger partial charge >= 0.3 is 10.8 Å². The van der Waals surface area contributed by atoms with E-state index in [9.17, 15) is 9.59 Å². The summed E-state index contributed by atoms with van der Waals surface area (Å²) >= 11 is 4.51. The Bertz CT molecular complexity index is 617. The van der Waals surface area contributed by atoms with E-state index in [1.54, 1.807) is 6.92 Å². The molecule has 0 saturated carbocycles. The van der Waals surface area contributed by atoms with Crippen LogP contribution in [0.3, 0.4) is 0 Å². The Morgan fingerprint density at radius 2 is 2.29 bits per heavy atom. The minimum atomic E-state index is -0.398. The first-order chi connectivity index (χ1) is 8.13. The molecule has 0 radical (unpaired) electrons. The normalized spacial score (nSPS) is 10.7. The molecule has 1 aromatic heterocycles. The highest BCUT2D eigenvalue weighted by Gasteiger charge is 2.13. The number of nitrogens with zero attached hydrogens (tertiary/aromatic N) is 1. The van der Waals surface area contributed by atoms with Crippen LogP contribution in [0.4, 0.5) is 0 Å². The summed E-state index contributed by atoms with van der Waals surface area (Å²) in [5.41, 5.74) is 0.746. The van der Waals surface area contributed by atoms with Gasteiger partial charge in [-0.05, 0) is 35.0 Å². The number of benzene rings is 1. The molecule has 17 heavy (non-hydrogen) atoms. The molecule has 0 atom stereocenters. The number of carbonyl (C=O) groups excluding carboxylic acids is 1. The van der Waals surface area contributed by atoms with Crippen LogP contribution in [0.1, 0.15) is 6.92 Å². The maximum Gasteiger partial charge on any atom is 0.326 e. The molecular formula is C11H10BrNO3S. The van der Waals surface area contributed by atoms with Crippen LogP contribution in [0.15, 0.2) is 27.5 Å². The highest BCUT2D eigenvalue weighted by molar-refractivity contribution is 9.10. The minimum Gasteiger partial charge on any atom is -0.465 e. The van der Waals surface area contributed by atoms with Crippen molar-refractivity contribution in [2.45, 2.75) is 13.5 Å². The third-order valence-electron chi connectivity index (χ3n) is 2.23. The zero-order chi connectivity index (χ0) is 12.4. The fourth-order valence-corrected chi connectivity index (χ4v) is 3.19. The van der Waals surface area contributed by atoms with E-state index < -0.39 is 5.97 Å². The molecule has 0 unspecified atom stereocenters. The smallest absolute Gasteiger partial charge is 0.326 e. The fraction of sp³-hybridized carbons (Fsp3) is 0.273. The second kappa shape index (κ2) is 5.01. The molecule has 0 saturated heterocycles.